The van der Waals surface area contributed by atoms with E-state index in [9.17, 15) is 4.39 Å². The number of halogens is 2. The Kier molecular flexibility index (Phi) is 53.0. The van der Waals surface area contributed by atoms with E-state index < -0.39 is 7.15 Å². The number of aryl methyl sites for hydroxylation is 2. The van der Waals surface area contributed by atoms with E-state index in [-0.39, 0.29) is 131 Å². The molecule has 7 nitrogen and oxygen atoms in total. The molecule has 0 radical (unpaired) electrons. The summed E-state index contributed by atoms with van der Waals surface area (Å²) >= 11 is 3.00. The number of aromatic hydroxyl groups is 1. The van der Waals surface area contributed by atoms with Crippen LogP contribution in [-0.2, 0) is 9.68 Å². The zero-order chi connectivity index (χ0) is 23.6. The molecule has 0 aliphatic rings. The van der Waals surface area contributed by atoms with Crippen molar-refractivity contribution in [1.29, 1.82) is 0 Å². The molecule has 0 aromatic heterocycles. The van der Waals surface area contributed by atoms with E-state index in [1.807, 2.05) is 50.2 Å². The molecule has 11 heteroatoms. The Morgan fingerprint density at radius 2 is 1.56 bits per heavy atom. The standard InChI is InChI=1S/C9H12O2.C7H8O.C2H5BrO.CH3F.CH2O3.CH4.2K.H/c1-8-3-2-4-9(7-8)11-6-5-10;1-6-3-2-4-7(8)5-6;3-1-2-4;1-2;2-1-4-3;;;;/h2-4,7,10H,5-6H2,1H3;2-5,8H,1H3;4H,1-2H2;1H3;1,3H;1H4;;;/q;;;;;;2*+1;-1/p-1/i;;;1D;;;;;. The van der Waals surface area contributed by atoms with Crippen molar-refractivity contribution in [2.45, 2.75) is 21.3 Å². The maximum atomic E-state index is 9.96. The molecule has 32 heavy (non-hydrogen) atoms. The van der Waals surface area contributed by atoms with Gasteiger partial charge in [0.25, 0.3) is 6.47 Å². The van der Waals surface area contributed by atoms with Crippen LogP contribution in [0.3, 0.4) is 0 Å². The molecule has 0 bridgehead atoms. The van der Waals surface area contributed by atoms with Gasteiger partial charge in [0.2, 0.25) is 0 Å². The molecule has 0 amide bonds. The van der Waals surface area contributed by atoms with Crippen LogP contribution in [-0.4, -0.2) is 54.1 Å². The Hall–Kier alpha value is 1.07. The Morgan fingerprint density at radius 1 is 1.12 bits per heavy atom. The van der Waals surface area contributed by atoms with Gasteiger partial charge in [-0.05, 0) is 49.2 Å². The van der Waals surface area contributed by atoms with E-state index in [0.717, 1.165) is 11.3 Å². The molecule has 0 heterocycles. The van der Waals surface area contributed by atoms with Crippen molar-refractivity contribution >= 4 is 22.4 Å². The summed E-state index contributed by atoms with van der Waals surface area (Å²) in [5, 5.41) is 34.2. The molecule has 0 unspecified atom stereocenters. The summed E-state index contributed by atoms with van der Waals surface area (Å²) in [6.45, 7) is 4.43. The van der Waals surface area contributed by atoms with Crippen LogP contribution >= 0.6 is 15.9 Å². The second kappa shape index (κ2) is 39.3. The summed E-state index contributed by atoms with van der Waals surface area (Å²) in [4.78, 5) is 11.2. The van der Waals surface area contributed by atoms with Crippen LogP contribution in [0.4, 0.5) is 4.39 Å². The van der Waals surface area contributed by atoms with Gasteiger partial charge in [-0.25, -0.2) is 0 Å². The monoisotopic (exact) mass is 575 g/mol. The molecule has 3 N–H and O–H groups in total. The van der Waals surface area contributed by atoms with Gasteiger partial charge in [0.1, 0.15) is 18.1 Å². The van der Waals surface area contributed by atoms with Gasteiger partial charge in [0.05, 0.1) is 21.7 Å². The predicted molar refractivity (Wildman–Crippen MR) is 120 cm³/mol. The van der Waals surface area contributed by atoms with E-state index >= 15 is 0 Å². The van der Waals surface area contributed by atoms with Crippen molar-refractivity contribution in [1.82, 2.24) is 0 Å². The van der Waals surface area contributed by atoms with Crippen molar-refractivity contribution in [3.8, 4) is 11.5 Å². The molecule has 2 rings (SSSR count). The summed E-state index contributed by atoms with van der Waals surface area (Å²) in [7, 11) is -1.00. The summed E-state index contributed by atoms with van der Waals surface area (Å²) < 4.78 is 20.7. The van der Waals surface area contributed by atoms with Crippen LogP contribution in [0.25, 0.3) is 0 Å². The molecule has 0 aliphatic heterocycles. The van der Waals surface area contributed by atoms with Crippen LogP contribution in [0, 0.1) is 13.8 Å². The van der Waals surface area contributed by atoms with Crippen molar-refractivity contribution in [2.75, 3.05) is 32.3 Å². The first-order chi connectivity index (χ1) is 14.4. The van der Waals surface area contributed by atoms with Gasteiger partial charge in [-0.1, -0.05) is 47.6 Å². The van der Waals surface area contributed by atoms with E-state index in [0.29, 0.717) is 17.7 Å². The summed E-state index contributed by atoms with van der Waals surface area (Å²) in [6, 6.07) is 14.9. The van der Waals surface area contributed by atoms with Crippen molar-refractivity contribution in [3.05, 3.63) is 59.7 Å². The van der Waals surface area contributed by atoms with Gasteiger partial charge in [0.15, 0.2) is 0 Å². The molecule has 0 fully saturated rings. The van der Waals surface area contributed by atoms with Gasteiger partial charge in [-0.3, -0.25) is 9.18 Å². The SMILES string of the molecule is C.Cc1cccc(O)c1.Cc1cccc(OCCO)c1.O=CO[O-].OCCBr.[2H]CF.[H-].[K+].[K+]. The molecular formula is C21H34BrFK2O7. The fourth-order valence-corrected chi connectivity index (χ4v) is 1.50. The molecular weight excluding hydrogens is 541 g/mol. The van der Waals surface area contributed by atoms with E-state index in [1.54, 1.807) is 12.1 Å². The van der Waals surface area contributed by atoms with E-state index in [1.165, 1.54) is 5.56 Å². The fraction of sp³-hybridized carbons (Fsp3) is 0.381. The summed E-state index contributed by atoms with van der Waals surface area (Å²) in [6.07, 6.45) is 0. The van der Waals surface area contributed by atoms with Gasteiger partial charge in [0, 0.05) is 5.33 Å². The van der Waals surface area contributed by atoms with Crippen LogP contribution < -0.4 is 113 Å². The van der Waals surface area contributed by atoms with Gasteiger partial charge in [-0.15, -0.1) is 0 Å². The van der Waals surface area contributed by atoms with Crippen molar-refractivity contribution < 1.29 is 145 Å². The largest absolute Gasteiger partial charge is 1.00 e. The minimum absolute atomic E-state index is 0. The number of aliphatic hydroxyl groups excluding tert-OH is 2. The second-order valence-electron chi connectivity index (χ2n) is 4.83. The van der Waals surface area contributed by atoms with E-state index in [4.69, 9.17) is 31.5 Å². The third-order valence-electron chi connectivity index (χ3n) is 2.48. The average Bonchev–Trinajstić information content (AvgIpc) is 2.73. The Balaban J connectivity index is -0.0000000567. The molecule has 176 valence electrons. The quantitative estimate of drug-likeness (QED) is 0.116. The second-order valence-corrected chi connectivity index (χ2v) is 5.63. The molecule has 2 aromatic carbocycles. The molecule has 0 saturated carbocycles. The zero-order valence-corrected chi connectivity index (χ0v) is 26.3. The maximum absolute atomic E-state index is 9.96. The molecule has 0 saturated heterocycles. The minimum Gasteiger partial charge on any atom is -1.00 e. The Morgan fingerprint density at radius 3 is 1.84 bits per heavy atom. The van der Waals surface area contributed by atoms with Crippen molar-refractivity contribution in [3.63, 3.8) is 0 Å². The minimum atomic E-state index is -1.00. The third-order valence-corrected chi connectivity index (χ3v) is 2.83. The number of benzene rings is 2. The number of phenolic OH excluding ortho intramolecular Hbond substituents is 1. The summed E-state index contributed by atoms with van der Waals surface area (Å²) in [5.41, 5.74) is 2.26. The van der Waals surface area contributed by atoms with Gasteiger partial charge in [-0.2, -0.15) is 0 Å². The molecule has 2 aromatic rings. The first-order valence-corrected chi connectivity index (χ1v) is 9.29. The van der Waals surface area contributed by atoms with Crippen molar-refractivity contribution in [2.24, 2.45) is 0 Å². The Labute approximate surface area is 287 Å². The van der Waals surface area contributed by atoms with Crippen LogP contribution in [0.1, 0.15) is 21.4 Å². The van der Waals surface area contributed by atoms with Gasteiger partial charge >= 0.3 is 103 Å². The fourth-order valence-electron chi connectivity index (χ4n) is 1.50. The Bertz CT molecular complexity index is 618. The number of carbonyl (C=O) groups excluding carboxylic acids is 1. The molecule has 0 spiro atoms. The smallest absolute Gasteiger partial charge is 1.00 e. The number of rotatable bonds is 5. The topological polar surface area (TPSA) is 119 Å². The number of aliphatic hydroxyl groups is 2. The van der Waals surface area contributed by atoms with Crippen LogP contribution in [0.15, 0.2) is 48.5 Å². The number of phenols is 1. The maximum Gasteiger partial charge on any atom is 1.00 e. The third kappa shape index (κ3) is 38.3. The number of alkyl halides is 2. The van der Waals surface area contributed by atoms with Crippen LogP contribution in [0.5, 0.6) is 11.5 Å². The average molecular weight is 577 g/mol. The first kappa shape index (κ1) is 43.2. The number of ether oxygens (including phenoxy) is 1. The van der Waals surface area contributed by atoms with Gasteiger partial charge < -0.3 is 31.6 Å². The predicted octanol–water partition coefficient (Wildman–Crippen LogP) is -2.78. The van der Waals surface area contributed by atoms with E-state index in [2.05, 4.69) is 20.8 Å². The normalized spacial score (nSPS) is 7.78. The number of hydrogen-bond acceptors (Lipinski definition) is 7. The number of carbonyl (C=O) groups is 1. The summed E-state index contributed by atoms with van der Waals surface area (Å²) in [5.74, 6) is 1.16. The first-order valence-electron chi connectivity index (χ1n) is 8.87. The zero-order valence-electron chi connectivity index (χ0n) is 20.5. The molecule has 0 aliphatic carbocycles. The molecule has 0 atom stereocenters. The van der Waals surface area contributed by atoms with Crippen LogP contribution in [0.2, 0.25) is 0 Å². The number of hydrogen-bond donors (Lipinski definition) is 3.